The van der Waals surface area contributed by atoms with E-state index in [1.165, 1.54) is 0 Å². The Morgan fingerprint density at radius 2 is 1.86 bits per heavy atom. The summed E-state index contributed by atoms with van der Waals surface area (Å²) in [5.41, 5.74) is 3.10. The van der Waals surface area contributed by atoms with E-state index in [2.05, 4.69) is 0 Å². The molecule has 1 aliphatic heterocycles. The molecule has 29 heavy (non-hydrogen) atoms. The number of fused-ring (bicyclic) bond motifs is 1. The Labute approximate surface area is 175 Å². The quantitative estimate of drug-likeness (QED) is 0.785. The summed E-state index contributed by atoms with van der Waals surface area (Å²) >= 11 is 6.31. The number of carbonyl (C=O) groups is 2. The number of carboxylic acid groups (broad SMARTS) is 1. The Morgan fingerprint density at radius 1 is 1.14 bits per heavy atom. The van der Waals surface area contributed by atoms with Crippen LogP contribution in [0, 0.1) is 5.92 Å². The Balaban J connectivity index is 1.88. The van der Waals surface area contributed by atoms with Gasteiger partial charge < -0.3 is 10.0 Å². The molecule has 2 aromatic rings. The first-order valence-corrected chi connectivity index (χ1v) is 10.4. The lowest BCUT2D eigenvalue weighted by Crippen LogP contribution is -2.42. The molecule has 0 saturated heterocycles. The number of hydrogen-bond acceptors (Lipinski definition) is 3. The van der Waals surface area contributed by atoms with Gasteiger partial charge in [0.05, 0.1) is 17.8 Å². The summed E-state index contributed by atoms with van der Waals surface area (Å²) < 4.78 is 0. The van der Waals surface area contributed by atoms with Crippen LogP contribution in [0.15, 0.2) is 53.5 Å². The van der Waals surface area contributed by atoms with Crippen molar-refractivity contribution in [3.05, 3.63) is 64.7 Å². The molecule has 1 atom stereocenters. The predicted molar refractivity (Wildman–Crippen MR) is 114 cm³/mol. The van der Waals surface area contributed by atoms with Crippen molar-refractivity contribution in [2.24, 2.45) is 10.9 Å². The summed E-state index contributed by atoms with van der Waals surface area (Å²) in [6.07, 6.45) is 4.00. The maximum Gasteiger partial charge on any atom is 0.305 e. The minimum Gasteiger partial charge on any atom is -0.481 e. The van der Waals surface area contributed by atoms with E-state index < -0.39 is 12.0 Å². The van der Waals surface area contributed by atoms with Crippen molar-refractivity contribution in [1.82, 2.24) is 0 Å². The molecule has 4 rings (SSSR count). The van der Waals surface area contributed by atoms with Crippen molar-refractivity contribution in [3.8, 4) is 0 Å². The van der Waals surface area contributed by atoms with Crippen LogP contribution in [0.3, 0.4) is 0 Å². The van der Waals surface area contributed by atoms with E-state index >= 15 is 0 Å². The smallest absolute Gasteiger partial charge is 0.305 e. The largest absolute Gasteiger partial charge is 0.481 e. The third-order valence-corrected chi connectivity index (χ3v) is 5.97. The number of aliphatic carboxylic acids is 1. The summed E-state index contributed by atoms with van der Waals surface area (Å²) in [7, 11) is 0. The molecule has 1 unspecified atom stereocenters. The van der Waals surface area contributed by atoms with Crippen molar-refractivity contribution < 1.29 is 14.7 Å². The SMILES string of the molecule is O=C(O)CCN1C(=O)C(C2CCCC2)N=C(c2ccccc2)c2cc(Cl)ccc21. The fraction of sp³-hybridized carbons (Fsp3) is 0.348. The highest BCUT2D eigenvalue weighted by molar-refractivity contribution is 6.32. The predicted octanol–water partition coefficient (Wildman–Crippen LogP) is 4.56. The Morgan fingerprint density at radius 3 is 2.55 bits per heavy atom. The van der Waals surface area contributed by atoms with E-state index in [0.717, 1.165) is 42.5 Å². The maximum atomic E-state index is 13.6. The number of benzene rings is 2. The molecule has 0 bridgehead atoms. The van der Waals surface area contributed by atoms with Crippen LogP contribution in [-0.2, 0) is 9.59 Å². The number of anilines is 1. The van der Waals surface area contributed by atoms with Gasteiger partial charge in [-0.15, -0.1) is 0 Å². The summed E-state index contributed by atoms with van der Waals surface area (Å²) in [6.45, 7) is 0.115. The van der Waals surface area contributed by atoms with Gasteiger partial charge in [0.15, 0.2) is 0 Å². The van der Waals surface area contributed by atoms with Crippen molar-refractivity contribution in [2.75, 3.05) is 11.4 Å². The lowest BCUT2D eigenvalue weighted by Gasteiger charge is -2.27. The van der Waals surface area contributed by atoms with E-state index in [4.69, 9.17) is 16.6 Å². The molecule has 2 aliphatic rings. The highest BCUT2D eigenvalue weighted by atomic mass is 35.5. The molecule has 1 saturated carbocycles. The van der Waals surface area contributed by atoms with Gasteiger partial charge in [0.1, 0.15) is 6.04 Å². The zero-order chi connectivity index (χ0) is 20.4. The first-order valence-electron chi connectivity index (χ1n) is 10.0. The fourth-order valence-electron chi connectivity index (χ4n) is 4.32. The number of halogens is 1. The van der Waals surface area contributed by atoms with Gasteiger partial charge in [0, 0.05) is 22.7 Å². The number of carboxylic acids is 1. The number of amides is 1. The van der Waals surface area contributed by atoms with Crippen LogP contribution in [0.2, 0.25) is 5.02 Å². The first kappa shape index (κ1) is 19.6. The Hall–Kier alpha value is -2.66. The molecule has 1 amide bonds. The van der Waals surface area contributed by atoms with Crippen LogP contribution < -0.4 is 4.90 Å². The number of aliphatic imine (C=N–C) groups is 1. The number of rotatable bonds is 5. The lowest BCUT2D eigenvalue weighted by atomic mass is 9.97. The second-order valence-corrected chi connectivity index (χ2v) is 8.06. The van der Waals surface area contributed by atoms with E-state index in [9.17, 15) is 14.7 Å². The molecule has 6 heteroatoms. The van der Waals surface area contributed by atoms with E-state index in [-0.39, 0.29) is 24.8 Å². The van der Waals surface area contributed by atoms with Gasteiger partial charge in [-0.2, -0.15) is 0 Å². The molecule has 1 N–H and O–H groups in total. The minimum absolute atomic E-state index is 0.115. The van der Waals surface area contributed by atoms with Gasteiger partial charge in [-0.1, -0.05) is 54.8 Å². The topological polar surface area (TPSA) is 70.0 Å². The van der Waals surface area contributed by atoms with Crippen LogP contribution in [0.5, 0.6) is 0 Å². The van der Waals surface area contributed by atoms with Gasteiger partial charge in [-0.05, 0) is 37.0 Å². The van der Waals surface area contributed by atoms with Crippen LogP contribution in [0.1, 0.15) is 43.2 Å². The third kappa shape index (κ3) is 4.06. The number of hydrogen-bond donors (Lipinski definition) is 1. The van der Waals surface area contributed by atoms with Crippen molar-refractivity contribution >= 4 is 34.9 Å². The van der Waals surface area contributed by atoms with Gasteiger partial charge in [-0.3, -0.25) is 14.6 Å². The standard InChI is InChI=1S/C23H23ClN2O3/c24-17-10-11-19-18(14-17)21(15-6-2-1-3-7-15)25-22(16-8-4-5-9-16)23(29)26(19)13-12-20(27)28/h1-3,6-7,10-11,14,16,22H,4-5,8-9,12-13H2,(H,27,28). The lowest BCUT2D eigenvalue weighted by molar-refractivity contribution is -0.136. The summed E-state index contributed by atoms with van der Waals surface area (Å²) in [4.78, 5) is 31.4. The molecule has 150 valence electrons. The van der Waals surface area contributed by atoms with Crippen LogP contribution in [0.4, 0.5) is 5.69 Å². The molecule has 1 aliphatic carbocycles. The maximum absolute atomic E-state index is 13.6. The van der Waals surface area contributed by atoms with Crippen LogP contribution in [0.25, 0.3) is 0 Å². The van der Waals surface area contributed by atoms with Gasteiger partial charge in [-0.25, -0.2) is 0 Å². The van der Waals surface area contributed by atoms with Crippen molar-refractivity contribution in [1.29, 1.82) is 0 Å². The zero-order valence-corrected chi connectivity index (χ0v) is 16.8. The molecule has 1 fully saturated rings. The van der Waals surface area contributed by atoms with Crippen LogP contribution >= 0.6 is 11.6 Å². The molecule has 1 heterocycles. The molecule has 0 spiro atoms. The van der Waals surface area contributed by atoms with Crippen molar-refractivity contribution in [3.63, 3.8) is 0 Å². The summed E-state index contributed by atoms with van der Waals surface area (Å²) in [5.74, 6) is -0.870. The van der Waals surface area contributed by atoms with Gasteiger partial charge in [0.2, 0.25) is 0 Å². The first-order chi connectivity index (χ1) is 14.0. The highest BCUT2D eigenvalue weighted by Gasteiger charge is 2.37. The summed E-state index contributed by atoms with van der Waals surface area (Å²) in [6, 6.07) is 14.6. The van der Waals surface area contributed by atoms with E-state index in [1.54, 1.807) is 17.0 Å². The molecule has 0 radical (unpaired) electrons. The third-order valence-electron chi connectivity index (χ3n) is 5.73. The minimum atomic E-state index is -0.931. The average molecular weight is 411 g/mol. The molecular formula is C23H23ClN2O3. The molecule has 2 aromatic carbocycles. The monoisotopic (exact) mass is 410 g/mol. The number of benzodiazepines with no additional fused rings is 1. The molecule has 0 aromatic heterocycles. The Kier molecular flexibility index (Phi) is 5.67. The number of nitrogens with zero attached hydrogens (tertiary/aromatic N) is 2. The highest BCUT2D eigenvalue weighted by Crippen LogP contribution is 2.36. The van der Waals surface area contributed by atoms with E-state index in [1.807, 2.05) is 36.4 Å². The average Bonchev–Trinajstić information content (AvgIpc) is 3.21. The molecular weight excluding hydrogens is 388 g/mol. The normalized spacial score (nSPS) is 19.6. The van der Waals surface area contributed by atoms with E-state index in [0.29, 0.717) is 10.7 Å². The fourth-order valence-corrected chi connectivity index (χ4v) is 4.49. The Bertz CT molecular complexity index is 952. The van der Waals surface area contributed by atoms with Crippen molar-refractivity contribution in [2.45, 2.75) is 38.1 Å². The van der Waals surface area contributed by atoms with Crippen LogP contribution in [-0.4, -0.2) is 35.3 Å². The number of carbonyl (C=O) groups excluding carboxylic acids is 1. The van der Waals surface area contributed by atoms with Gasteiger partial charge in [0.25, 0.3) is 5.91 Å². The zero-order valence-electron chi connectivity index (χ0n) is 16.1. The summed E-state index contributed by atoms with van der Waals surface area (Å²) in [5, 5.41) is 9.77. The van der Waals surface area contributed by atoms with Gasteiger partial charge >= 0.3 is 5.97 Å². The second-order valence-electron chi connectivity index (χ2n) is 7.63. The second kappa shape index (κ2) is 8.37. The molecule has 5 nitrogen and oxygen atoms in total.